The molecule has 2 rings (SSSR count). The number of rotatable bonds is 8. The number of benzene rings is 1. The molecule has 1 heterocycles. The molecule has 0 aromatic heterocycles. The third-order valence-electron chi connectivity index (χ3n) is 4.75. The van der Waals surface area contributed by atoms with Crippen LogP contribution in [0.5, 0.6) is 0 Å². The summed E-state index contributed by atoms with van der Waals surface area (Å²) in [7, 11) is -3.78. The quantitative estimate of drug-likeness (QED) is 0.656. The highest BCUT2D eigenvalue weighted by Crippen LogP contribution is 2.16. The van der Waals surface area contributed by atoms with Crippen molar-refractivity contribution in [2.75, 3.05) is 25.1 Å². The monoisotopic (exact) mass is 427 g/mol. The molecular formula is C19H29N3O4S2. The highest BCUT2D eigenvalue weighted by atomic mass is 32.2. The molecule has 1 aliphatic heterocycles. The molecule has 2 N–H and O–H groups in total. The van der Waals surface area contributed by atoms with Crippen molar-refractivity contribution in [3.8, 4) is 0 Å². The molecule has 156 valence electrons. The first kappa shape index (κ1) is 22.7. The Bertz CT molecular complexity index is 773. The Morgan fingerprint density at radius 3 is 2.36 bits per heavy atom. The molecular weight excluding hydrogens is 398 g/mol. The van der Waals surface area contributed by atoms with Crippen LogP contribution in [0.1, 0.15) is 31.7 Å². The number of hydrogen-bond donors (Lipinski definition) is 2. The molecule has 0 radical (unpaired) electrons. The van der Waals surface area contributed by atoms with Gasteiger partial charge in [-0.1, -0.05) is 17.7 Å². The Kier molecular flexibility index (Phi) is 8.33. The number of aryl methyl sites for hydroxylation is 1. The average Bonchev–Trinajstić information content (AvgIpc) is 2.65. The second kappa shape index (κ2) is 10.3. The summed E-state index contributed by atoms with van der Waals surface area (Å²) in [5.41, 5.74) is 0.969. The summed E-state index contributed by atoms with van der Waals surface area (Å²) in [5.74, 6) is 0.398. The van der Waals surface area contributed by atoms with Crippen molar-refractivity contribution in [3.05, 3.63) is 29.8 Å². The number of hydrogen-bond acceptors (Lipinski definition) is 5. The molecule has 1 saturated heterocycles. The van der Waals surface area contributed by atoms with E-state index in [0.29, 0.717) is 38.1 Å². The Morgan fingerprint density at radius 1 is 1.21 bits per heavy atom. The molecule has 1 fully saturated rings. The average molecular weight is 428 g/mol. The zero-order valence-corrected chi connectivity index (χ0v) is 18.2. The van der Waals surface area contributed by atoms with Crippen molar-refractivity contribution in [3.63, 3.8) is 0 Å². The van der Waals surface area contributed by atoms with Gasteiger partial charge in [0.25, 0.3) is 0 Å². The lowest BCUT2D eigenvalue weighted by atomic mass is 10.0. The zero-order valence-electron chi connectivity index (χ0n) is 16.6. The van der Waals surface area contributed by atoms with Crippen molar-refractivity contribution in [2.45, 2.75) is 50.1 Å². The lowest BCUT2D eigenvalue weighted by Gasteiger charge is -2.34. The third kappa shape index (κ3) is 6.49. The normalized spacial score (nSPS) is 16.6. The topological polar surface area (TPSA) is 95.6 Å². The number of sulfonamides is 1. The van der Waals surface area contributed by atoms with Gasteiger partial charge in [0.05, 0.1) is 4.90 Å². The summed E-state index contributed by atoms with van der Waals surface area (Å²) in [6.45, 7) is 4.38. The first-order valence-corrected chi connectivity index (χ1v) is 12.2. The molecule has 1 aromatic rings. The van der Waals surface area contributed by atoms with Crippen molar-refractivity contribution in [1.82, 2.24) is 14.9 Å². The van der Waals surface area contributed by atoms with E-state index in [2.05, 4.69) is 10.0 Å². The van der Waals surface area contributed by atoms with Gasteiger partial charge in [-0.25, -0.2) is 8.42 Å². The largest absolute Gasteiger partial charge is 0.353 e. The van der Waals surface area contributed by atoms with Gasteiger partial charge in [0.1, 0.15) is 6.04 Å². The number of nitrogens with zero attached hydrogens (tertiary/aromatic N) is 1. The van der Waals surface area contributed by atoms with Gasteiger partial charge in [-0.3, -0.25) is 9.59 Å². The predicted molar refractivity (Wildman–Crippen MR) is 112 cm³/mol. The molecule has 2 amide bonds. The molecule has 0 saturated carbocycles. The summed E-state index contributed by atoms with van der Waals surface area (Å²) in [6, 6.07) is 5.84. The van der Waals surface area contributed by atoms with Crippen LogP contribution in [0.2, 0.25) is 0 Å². The van der Waals surface area contributed by atoms with Gasteiger partial charge in [-0.15, -0.1) is 0 Å². The second-order valence-electron chi connectivity index (χ2n) is 7.07. The van der Waals surface area contributed by atoms with Crippen LogP contribution in [0, 0.1) is 6.92 Å². The van der Waals surface area contributed by atoms with E-state index >= 15 is 0 Å². The van der Waals surface area contributed by atoms with Crippen molar-refractivity contribution >= 4 is 33.6 Å². The molecule has 1 unspecified atom stereocenters. The maximum Gasteiger partial charge on any atom is 0.241 e. The van der Waals surface area contributed by atoms with Crippen LogP contribution < -0.4 is 10.0 Å². The minimum atomic E-state index is -3.78. The van der Waals surface area contributed by atoms with E-state index in [0.717, 1.165) is 5.56 Å². The SMILES string of the molecule is CSCCC(NS(=O)(=O)c1ccc(C)cc1)C(=O)N1CCC(NC(C)=O)CC1. The Labute approximate surface area is 171 Å². The van der Waals surface area contributed by atoms with Gasteiger partial charge in [-0.2, -0.15) is 16.5 Å². The van der Waals surface area contributed by atoms with E-state index in [9.17, 15) is 18.0 Å². The fraction of sp³-hybridized carbons (Fsp3) is 0.579. The van der Waals surface area contributed by atoms with E-state index in [4.69, 9.17) is 0 Å². The second-order valence-corrected chi connectivity index (χ2v) is 9.77. The number of thioether (sulfide) groups is 1. The van der Waals surface area contributed by atoms with Crippen molar-refractivity contribution in [2.24, 2.45) is 0 Å². The molecule has 9 heteroatoms. The summed E-state index contributed by atoms with van der Waals surface area (Å²) < 4.78 is 28.1. The van der Waals surface area contributed by atoms with Crippen LogP contribution >= 0.6 is 11.8 Å². The molecule has 0 bridgehead atoms. The smallest absolute Gasteiger partial charge is 0.241 e. The van der Waals surface area contributed by atoms with Crippen LogP contribution in [0.25, 0.3) is 0 Å². The minimum Gasteiger partial charge on any atom is -0.353 e. The first-order chi connectivity index (χ1) is 13.2. The molecule has 1 aliphatic rings. The molecule has 0 aliphatic carbocycles. The zero-order chi connectivity index (χ0) is 20.7. The van der Waals surface area contributed by atoms with E-state index in [1.54, 1.807) is 40.9 Å². The lowest BCUT2D eigenvalue weighted by molar-refractivity contribution is -0.134. The summed E-state index contributed by atoms with van der Waals surface area (Å²) >= 11 is 1.57. The van der Waals surface area contributed by atoms with Crippen molar-refractivity contribution < 1.29 is 18.0 Å². The Balaban J connectivity index is 2.07. The van der Waals surface area contributed by atoms with Gasteiger partial charge in [0.2, 0.25) is 21.8 Å². The summed E-state index contributed by atoms with van der Waals surface area (Å²) in [5, 5.41) is 2.88. The van der Waals surface area contributed by atoms with E-state index < -0.39 is 16.1 Å². The Morgan fingerprint density at radius 2 is 1.82 bits per heavy atom. The van der Waals surface area contributed by atoms with E-state index in [1.165, 1.54) is 6.92 Å². The van der Waals surface area contributed by atoms with Crippen LogP contribution in [0.15, 0.2) is 29.2 Å². The molecule has 7 nitrogen and oxygen atoms in total. The van der Waals surface area contributed by atoms with Gasteiger partial charge < -0.3 is 10.2 Å². The number of carbonyl (C=O) groups is 2. The van der Waals surface area contributed by atoms with Gasteiger partial charge >= 0.3 is 0 Å². The number of carbonyl (C=O) groups excluding carboxylic acids is 2. The number of nitrogens with one attached hydrogen (secondary N) is 2. The van der Waals surface area contributed by atoms with E-state index in [1.807, 2.05) is 13.2 Å². The van der Waals surface area contributed by atoms with E-state index in [-0.39, 0.29) is 22.8 Å². The van der Waals surface area contributed by atoms with Crippen LogP contribution in [0.4, 0.5) is 0 Å². The maximum atomic E-state index is 13.0. The van der Waals surface area contributed by atoms with Gasteiger partial charge in [0, 0.05) is 26.1 Å². The highest BCUT2D eigenvalue weighted by Gasteiger charge is 2.31. The van der Waals surface area contributed by atoms with Crippen LogP contribution in [-0.2, 0) is 19.6 Å². The number of amides is 2. The lowest BCUT2D eigenvalue weighted by Crippen LogP contribution is -2.53. The first-order valence-electron chi connectivity index (χ1n) is 9.36. The predicted octanol–water partition coefficient (Wildman–Crippen LogP) is 1.52. The molecule has 1 aromatic carbocycles. The summed E-state index contributed by atoms with van der Waals surface area (Å²) in [6.07, 6.45) is 3.70. The standard InChI is InChI=1S/C19H29N3O4S2/c1-14-4-6-17(7-5-14)28(25,26)21-18(10-13-27-3)19(24)22-11-8-16(9-12-22)20-15(2)23/h4-7,16,18,21H,8-13H2,1-3H3,(H,20,23). The fourth-order valence-corrected chi connectivity index (χ4v) is 4.89. The van der Waals surface area contributed by atoms with Crippen molar-refractivity contribution in [1.29, 1.82) is 0 Å². The number of piperidine rings is 1. The summed E-state index contributed by atoms with van der Waals surface area (Å²) in [4.78, 5) is 26.0. The Hall–Kier alpha value is -1.58. The molecule has 28 heavy (non-hydrogen) atoms. The molecule has 1 atom stereocenters. The third-order valence-corrected chi connectivity index (χ3v) is 6.88. The molecule has 0 spiro atoms. The van der Waals surface area contributed by atoms with Gasteiger partial charge in [0.15, 0.2) is 0 Å². The van der Waals surface area contributed by atoms with Gasteiger partial charge in [-0.05, 0) is 50.3 Å². The maximum absolute atomic E-state index is 13.0. The number of likely N-dealkylation sites (tertiary alicyclic amines) is 1. The minimum absolute atomic E-state index is 0.0652. The fourth-order valence-electron chi connectivity index (χ4n) is 3.19. The highest BCUT2D eigenvalue weighted by molar-refractivity contribution is 7.98. The van der Waals surface area contributed by atoms with Crippen LogP contribution in [-0.4, -0.2) is 62.3 Å². The van der Waals surface area contributed by atoms with Crippen LogP contribution in [0.3, 0.4) is 0 Å².